The van der Waals surface area contributed by atoms with Crippen LogP contribution in [0.4, 0.5) is 0 Å². The molecule has 0 fully saturated rings. The Bertz CT molecular complexity index is 143. The number of hydrogen-bond donors (Lipinski definition) is 2. The maximum atomic E-state index is 9.88. The molecule has 13 heavy (non-hydrogen) atoms. The molecule has 78 valence electrons. The number of ether oxygens (including phenoxy) is 1. The topological polar surface area (TPSA) is 83.8 Å². The number of methoxy groups -OCH3 is 1. The van der Waals surface area contributed by atoms with Crippen molar-refractivity contribution in [3.63, 3.8) is 0 Å². The molecule has 0 atom stereocenters. The van der Waals surface area contributed by atoms with E-state index in [2.05, 4.69) is 4.74 Å². The van der Waals surface area contributed by atoms with Crippen molar-refractivity contribution < 1.29 is 24.5 Å². The van der Waals surface area contributed by atoms with Crippen LogP contribution in [0.5, 0.6) is 0 Å². The van der Waals surface area contributed by atoms with Gasteiger partial charge in [0.15, 0.2) is 0 Å². The molecule has 0 unspecified atom stereocenters. The summed E-state index contributed by atoms with van der Waals surface area (Å²) in [6.45, 7) is 1.74. The van der Waals surface area contributed by atoms with E-state index in [1.165, 1.54) is 14.0 Å². The molecule has 0 heterocycles. The number of ketones is 1. The second kappa shape index (κ2) is 11.1. The zero-order chi connectivity index (χ0) is 10.7. The van der Waals surface area contributed by atoms with E-state index in [4.69, 9.17) is 10.2 Å². The van der Waals surface area contributed by atoms with E-state index >= 15 is 0 Å². The van der Waals surface area contributed by atoms with E-state index in [9.17, 15) is 9.59 Å². The van der Waals surface area contributed by atoms with E-state index in [-0.39, 0.29) is 18.8 Å². The van der Waals surface area contributed by atoms with Crippen LogP contribution in [0.15, 0.2) is 0 Å². The van der Waals surface area contributed by atoms with Crippen molar-refractivity contribution in [2.75, 3.05) is 20.3 Å². The second-order valence-electron chi connectivity index (χ2n) is 2.31. The molecule has 0 amide bonds. The fourth-order valence-electron chi connectivity index (χ4n) is 0.347. The number of carboxylic acids is 1. The lowest BCUT2D eigenvalue weighted by Crippen LogP contribution is -1.99. The number of Topliss-reactive ketones (excluding diaryl/α,β-unsaturated/α-hetero) is 1. The average Bonchev–Trinajstić information content (AvgIpc) is 2.01. The van der Waals surface area contributed by atoms with Gasteiger partial charge in [-0.15, -0.1) is 0 Å². The lowest BCUT2D eigenvalue weighted by atomic mass is 10.3. The van der Waals surface area contributed by atoms with Gasteiger partial charge in [0.05, 0.1) is 13.0 Å². The summed E-state index contributed by atoms with van der Waals surface area (Å²) < 4.78 is 4.47. The summed E-state index contributed by atoms with van der Waals surface area (Å²) >= 11 is 0. The van der Waals surface area contributed by atoms with Gasteiger partial charge < -0.3 is 14.9 Å². The van der Waals surface area contributed by atoms with Crippen LogP contribution in [-0.4, -0.2) is 42.3 Å². The van der Waals surface area contributed by atoms with Crippen LogP contribution in [0, 0.1) is 0 Å². The van der Waals surface area contributed by atoms with Crippen molar-refractivity contribution in [3.8, 4) is 0 Å². The minimum absolute atomic E-state index is 0.0185. The first-order valence-electron chi connectivity index (χ1n) is 3.85. The van der Waals surface area contributed by atoms with E-state index in [0.29, 0.717) is 13.0 Å². The molecule has 5 heteroatoms. The maximum absolute atomic E-state index is 9.88. The van der Waals surface area contributed by atoms with Crippen LogP contribution in [0.1, 0.15) is 19.8 Å². The Morgan fingerprint density at radius 3 is 1.92 bits per heavy atom. The molecular weight excluding hydrogens is 176 g/mol. The number of aliphatic hydroxyl groups excluding tert-OH is 1. The largest absolute Gasteiger partial charge is 0.481 e. The first-order chi connectivity index (χ1) is 6.04. The molecule has 5 nitrogen and oxygen atoms in total. The third-order valence-electron chi connectivity index (χ3n) is 0.984. The predicted octanol–water partition coefficient (Wildman–Crippen LogP) is 0.0653. The summed E-state index contributed by atoms with van der Waals surface area (Å²) in [6, 6.07) is 0. The van der Waals surface area contributed by atoms with Gasteiger partial charge in [-0.1, -0.05) is 0 Å². The smallest absolute Gasteiger partial charge is 0.305 e. The van der Waals surface area contributed by atoms with Gasteiger partial charge >= 0.3 is 5.97 Å². The number of aliphatic carboxylic acids is 1. The molecule has 0 aromatic rings. The number of rotatable bonds is 5. The molecule has 0 bridgehead atoms. The van der Waals surface area contributed by atoms with Crippen molar-refractivity contribution in [1.82, 2.24) is 0 Å². The maximum Gasteiger partial charge on any atom is 0.305 e. The van der Waals surface area contributed by atoms with Crippen LogP contribution in [0.3, 0.4) is 0 Å². The quantitative estimate of drug-likeness (QED) is 0.643. The van der Waals surface area contributed by atoms with E-state index in [0.717, 1.165) is 0 Å². The zero-order valence-corrected chi connectivity index (χ0v) is 7.95. The molecule has 2 N–H and O–H groups in total. The molecule has 0 rings (SSSR count). The minimum atomic E-state index is -0.818. The van der Waals surface area contributed by atoms with Gasteiger partial charge in [0.25, 0.3) is 0 Å². The molecule has 0 saturated carbocycles. The number of carboxylic acid groups (broad SMARTS) is 1. The Morgan fingerprint density at radius 2 is 1.85 bits per heavy atom. The van der Waals surface area contributed by atoms with Gasteiger partial charge in [-0.05, 0) is 6.92 Å². The Labute approximate surface area is 77.3 Å². The Kier molecular flexibility index (Phi) is 12.4. The van der Waals surface area contributed by atoms with Gasteiger partial charge in [0, 0.05) is 20.1 Å². The SMILES string of the molecule is CC(=O)CCO.COCCC(=O)O. The highest BCUT2D eigenvalue weighted by atomic mass is 16.5. The summed E-state index contributed by atoms with van der Waals surface area (Å²) in [5.74, 6) is -0.778. The van der Waals surface area contributed by atoms with Crippen molar-refractivity contribution in [2.24, 2.45) is 0 Å². The molecule has 0 radical (unpaired) electrons. The van der Waals surface area contributed by atoms with Crippen molar-refractivity contribution in [2.45, 2.75) is 19.8 Å². The van der Waals surface area contributed by atoms with Gasteiger partial charge in [0.2, 0.25) is 0 Å². The highest BCUT2D eigenvalue weighted by Crippen LogP contribution is 1.76. The van der Waals surface area contributed by atoms with Crippen molar-refractivity contribution in [3.05, 3.63) is 0 Å². The normalized spacial score (nSPS) is 8.54. The first-order valence-corrected chi connectivity index (χ1v) is 3.85. The summed E-state index contributed by atoms with van der Waals surface area (Å²) in [7, 11) is 1.48. The van der Waals surface area contributed by atoms with Crippen LogP contribution >= 0.6 is 0 Å². The van der Waals surface area contributed by atoms with Gasteiger partial charge in [0.1, 0.15) is 5.78 Å². The third kappa shape index (κ3) is 24.7. The monoisotopic (exact) mass is 192 g/mol. The van der Waals surface area contributed by atoms with Gasteiger partial charge in [-0.3, -0.25) is 9.59 Å². The van der Waals surface area contributed by atoms with Crippen LogP contribution in [0.25, 0.3) is 0 Å². The van der Waals surface area contributed by atoms with E-state index in [1.54, 1.807) is 0 Å². The Hall–Kier alpha value is -0.940. The van der Waals surface area contributed by atoms with E-state index in [1.807, 2.05) is 0 Å². The fraction of sp³-hybridized carbons (Fsp3) is 0.750. The number of carbonyl (C=O) groups is 2. The third-order valence-corrected chi connectivity index (χ3v) is 0.984. The summed E-state index contributed by atoms with van der Waals surface area (Å²) in [5.41, 5.74) is 0. The Morgan fingerprint density at radius 1 is 1.31 bits per heavy atom. The molecule has 0 aliphatic rings. The van der Waals surface area contributed by atoms with Gasteiger partial charge in [-0.2, -0.15) is 0 Å². The molecule has 0 aliphatic heterocycles. The standard InChI is InChI=1S/C4H8O3.C4H8O2/c1-7-3-2-4(5)6;1-4(6)2-3-5/h2-3H2,1H3,(H,5,6);5H,2-3H2,1H3. The summed E-state index contributed by atoms with van der Waals surface area (Å²) in [4.78, 5) is 19.6. The molecule has 0 spiro atoms. The first kappa shape index (κ1) is 14.6. The summed E-state index contributed by atoms with van der Waals surface area (Å²) in [5, 5.41) is 16.0. The average molecular weight is 192 g/mol. The molecule has 0 aliphatic carbocycles. The van der Waals surface area contributed by atoms with E-state index < -0.39 is 5.97 Å². The van der Waals surface area contributed by atoms with Gasteiger partial charge in [-0.25, -0.2) is 0 Å². The molecule has 0 aromatic heterocycles. The van der Waals surface area contributed by atoms with Crippen LogP contribution in [-0.2, 0) is 14.3 Å². The van der Waals surface area contributed by atoms with Crippen molar-refractivity contribution in [1.29, 1.82) is 0 Å². The summed E-state index contributed by atoms with van der Waals surface area (Å²) in [6.07, 6.45) is 0.385. The lowest BCUT2D eigenvalue weighted by Gasteiger charge is -1.88. The zero-order valence-electron chi connectivity index (χ0n) is 7.95. The molecule has 0 aromatic carbocycles. The highest BCUT2D eigenvalue weighted by molar-refractivity contribution is 5.75. The lowest BCUT2D eigenvalue weighted by molar-refractivity contribution is -0.138. The predicted molar refractivity (Wildman–Crippen MR) is 46.5 cm³/mol. The Balaban J connectivity index is 0. The molecular formula is C8H16O5. The fourth-order valence-corrected chi connectivity index (χ4v) is 0.347. The number of hydrogen-bond acceptors (Lipinski definition) is 4. The van der Waals surface area contributed by atoms with Crippen LogP contribution < -0.4 is 0 Å². The second-order valence-corrected chi connectivity index (χ2v) is 2.31. The molecule has 0 saturated heterocycles. The minimum Gasteiger partial charge on any atom is -0.481 e. The number of aliphatic hydroxyl groups is 1. The van der Waals surface area contributed by atoms with Crippen LogP contribution in [0.2, 0.25) is 0 Å². The highest BCUT2D eigenvalue weighted by Gasteiger charge is 1.91. The van der Waals surface area contributed by atoms with Crippen molar-refractivity contribution >= 4 is 11.8 Å². The number of carbonyl (C=O) groups excluding carboxylic acids is 1.